The zero-order valence-electron chi connectivity index (χ0n) is 14.6. The summed E-state index contributed by atoms with van der Waals surface area (Å²) in [5.41, 5.74) is 6.32. The van der Waals surface area contributed by atoms with E-state index < -0.39 is 5.91 Å². The first-order valence-corrected chi connectivity index (χ1v) is 8.17. The van der Waals surface area contributed by atoms with E-state index >= 15 is 0 Å². The maximum absolute atomic E-state index is 11.2. The van der Waals surface area contributed by atoms with Crippen LogP contribution in [0.2, 0.25) is 0 Å². The number of carbonyl (C=O) groups excluding carboxylic acids is 1. The van der Waals surface area contributed by atoms with Gasteiger partial charge in [-0.2, -0.15) is 5.26 Å². The lowest BCUT2D eigenvalue weighted by molar-refractivity contribution is 0.0995. The van der Waals surface area contributed by atoms with Crippen LogP contribution in [0.3, 0.4) is 0 Å². The number of imidazole rings is 1. The number of hydrogen-bond donors (Lipinski definition) is 2. The molecule has 0 aliphatic heterocycles. The molecule has 1 aromatic carbocycles. The van der Waals surface area contributed by atoms with Gasteiger partial charge in [-0.15, -0.1) is 0 Å². The van der Waals surface area contributed by atoms with Crippen LogP contribution in [0.1, 0.15) is 28.8 Å². The smallest absolute Gasteiger partial charge is 0.267 e. The molecule has 3 N–H and O–H groups in total. The Labute approximate surface area is 155 Å². The van der Waals surface area contributed by atoms with Gasteiger partial charge in [-0.05, 0) is 25.1 Å². The largest absolute Gasteiger partial charge is 0.484 e. The molecule has 0 aliphatic rings. The monoisotopic (exact) mass is 363 g/mol. The molecule has 9 nitrogen and oxygen atoms in total. The van der Waals surface area contributed by atoms with E-state index in [1.165, 1.54) is 12.3 Å². The second-order valence-electron chi connectivity index (χ2n) is 5.50. The highest BCUT2D eigenvalue weighted by Crippen LogP contribution is 2.25. The Kier molecular flexibility index (Phi) is 5.28. The molecular weight excluding hydrogens is 346 g/mol. The lowest BCUT2D eigenvalue weighted by Gasteiger charge is -2.11. The summed E-state index contributed by atoms with van der Waals surface area (Å²) in [5, 5.41) is 12.3. The van der Waals surface area contributed by atoms with Crippen LogP contribution in [0.5, 0.6) is 5.75 Å². The van der Waals surface area contributed by atoms with Crippen molar-refractivity contribution < 1.29 is 9.53 Å². The van der Waals surface area contributed by atoms with Crippen molar-refractivity contribution >= 4 is 17.5 Å². The van der Waals surface area contributed by atoms with E-state index in [0.29, 0.717) is 17.0 Å². The third kappa shape index (κ3) is 4.19. The average molecular weight is 363 g/mol. The van der Waals surface area contributed by atoms with Gasteiger partial charge in [0.05, 0.1) is 5.56 Å². The molecule has 0 bridgehead atoms. The van der Waals surface area contributed by atoms with Gasteiger partial charge in [-0.3, -0.25) is 4.79 Å². The molecule has 2 heterocycles. The van der Waals surface area contributed by atoms with E-state index in [9.17, 15) is 10.1 Å². The zero-order chi connectivity index (χ0) is 19.2. The van der Waals surface area contributed by atoms with Crippen LogP contribution in [0, 0.1) is 11.3 Å². The predicted octanol–water partition coefficient (Wildman–Crippen LogP) is 1.99. The first-order chi connectivity index (χ1) is 13.1. The lowest BCUT2D eigenvalue weighted by Crippen LogP contribution is -2.14. The van der Waals surface area contributed by atoms with Gasteiger partial charge in [0.2, 0.25) is 5.95 Å². The third-order valence-electron chi connectivity index (χ3n) is 3.77. The van der Waals surface area contributed by atoms with Crippen LogP contribution >= 0.6 is 0 Å². The fourth-order valence-electron chi connectivity index (χ4n) is 2.41. The van der Waals surface area contributed by atoms with E-state index in [2.05, 4.69) is 26.3 Å². The SMILES string of the molecule is CCn1ccnc1COc1cc(Nc2nccc(C(N)=O)n2)ccc1C#N. The molecular formula is C18H17N7O2. The van der Waals surface area contributed by atoms with E-state index in [0.717, 1.165) is 12.4 Å². The van der Waals surface area contributed by atoms with Gasteiger partial charge < -0.3 is 20.4 Å². The molecule has 27 heavy (non-hydrogen) atoms. The molecule has 0 saturated carbocycles. The number of amides is 1. The van der Waals surface area contributed by atoms with Crippen molar-refractivity contribution in [1.82, 2.24) is 19.5 Å². The van der Waals surface area contributed by atoms with Crippen LogP contribution < -0.4 is 15.8 Å². The molecule has 136 valence electrons. The number of aromatic nitrogens is 4. The van der Waals surface area contributed by atoms with E-state index in [1.54, 1.807) is 24.4 Å². The number of nitriles is 1. The fraction of sp³-hybridized carbons (Fsp3) is 0.167. The second kappa shape index (κ2) is 7.97. The quantitative estimate of drug-likeness (QED) is 0.656. The highest BCUT2D eigenvalue weighted by atomic mass is 16.5. The number of primary amides is 1. The summed E-state index contributed by atoms with van der Waals surface area (Å²) in [5.74, 6) is 0.732. The Hall–Kier alpha value is -3.93. The summed E-state index contributed by atoms with van der Waals surface area (Å²) < 4.78 is 7.75. The highest BCUT2D eigenvalue weighted by Gasteiger charge is 2.10. The van der Waals surface area contributed by atoms with Gasteiger partial charge in [-0.1, -0.05) is 0 Å². The molecule has 0 saturated heterocycles. The maximum atomic E-state index is 11.2. The van der Waals surface area contributed by atoms with Gasteiger partial charge in [0.15, 0.2) is 0 Å². The van der Waals surface area contributed by atoms with Gasteiger partial charge in [-0.25, -0.2) is 15.0 Å². The standard InChI is InChI=1S/C18H17N7O2/c1-2-25-8-7-21-16(25)11-27-15-9-13(4-3-12(15)10-19)23-18-22-6-5-14(24-18)17(20)26/h3-9H,2,11H2,1H3,(H2,20,26)(H,22,23,24). The van der Waals surface area contributed by atoms with Crippen LogP contribution in [0.25, 0.3) is 0 Å². The summed E-state index contributed by atoms with van der Waals surface area (Å²) in [6.45, 7) is 3.02. The van der Waals surface area contributed by atoms with Crippen molar-refractivity contribution in [2.24, 2.45) is 5.73 Å². The van der Waals surface area contributed by atoms with Crippen molar-refractivity contribution in [3.05, 3.63) is 59.9 Å². The van der Waals surface area contributed by atoms with Crippen molar-refractivity contribution in [1.29, 1.82) is 5.26 Å². The molecule has 0 spiro atoms. The minimum atomic E-state index is -0.643. The molecule has 3 rings (SSSR count). The molecule has 0 aliphatic carbocycles. The molecule has 0 atom stereocenters. The molecule has 0 unspecified atom stereocenters. The normalized spacial score (nSPS) is 10.2. The van der Waals surface area contributed by atoms with Gasteiger partial charge in [0.1, 0.15) is 29.9 Å². The molecule has 1 amide bonds. The number of ether oxygens (including phenoxy) is 1. The van der Waals surface area contributed by atoms with E-state index in [-0.39, 0.29) is 18.2 Å². The number of hydrogen-bond acceptors (Lipinski definition) is 7. The third-order valence-corrected chi connectivity index (χ3v) is 3.77. The lowest BCUT2D eigenvalue weighted by atomic mass is 10.2. The number of aryl methyl sites for hydroxylation is 1. The zero-order valence-corrected chi connectivity index (χ0v) is 14.6. The van der Waals surface area contributed by atoms with Crippen LogP contribution in [0.15, 0.2) is 42.9 Å². The van der Waals surface area contributed by atoms with Crippen LogP contribution in [-0.2, 0) is 13.2 Å². The van der Waals surface area contributed by atoms with E-state index in [4.69, 9.17) is 10.5 Å². The van der Waals surface area contributed by atoms with Crippen LogP contribution in [-0.4, -0.2) is 25.4 Å². The fourth-order valence-corrected chi connectivity index (χ4v) is 2.41. The predicted molar refractivity (Wildman–Crippen MR) is 97.2 cm³/mol. The average Bonchev–Trinajstić information content (AvgIpc) is 3.14. The van der Waals surface area contributed by atoms with Gasteiger partial charge in [0.25, 0.3) is 5.91 Å². The maximum Gasteiger partial charge on any atom is 0.267 e. The Morgan fingerprint density at radius 2 is 2.19 bits per heavy atom. The molecule has 3 aromatic rings. The Balaban J connectivity index is 1.80. The molecule has 0 radical (unpaired) electrons. The molecule has 0 fully saturated rings. The summed E-state index contributed by atoms with van der Waals surface area (Å²) in [6, 6.07) is 8.51. The number of rotatable bonds is 7. The minimum absolute atomic E-state index is 0.101. The number of benzene rings is 1. The van der Waals surface area contributed by atoms with E-state index in [1.807, 2.05) is 17.7 Å². The number of nitrogens with zero attached hydrogens (tertiary/aromatic N) is 5. The van der Waals surface area contributed by atoms with Gasteiger partial charge >= 0.3 is 0 Å². The summed E-state index contributed by atoms with van der Waals surface area (Å²) >= 11 is 0. The topological polar surface area (TPSA) is 132 Å². The second-order valence-corrected chi connectivity index (χ2v) is 5.50. The van der Waals surface area contributed by atoms with Crippen LogP contribution in [0.4, 0.5) is 11.6 Å². The highest BCUT2D eigenvalue weighted by molar-refractivity contribution is 5.90. The summed E-state index contributed by atoms with van der Waals surface area (Å²) in [4.78, 5) is 23.6. The number of anilines is 2. The van der Waals surface area contributed by atoms with Crippen molar-refractivity contribution in [3.63, 3.8) is 0 Å². The minimum Gasteiger partial charge on any atom is -0.484 e. The Bertz CT molecular complexity index is 1010. The van der Waals surface area contributed by atoms with Gasteiger partial charge in [0, 0.05) is 36.9 Å². The summed E-state index contributed by atoms with van der Waals surface area (Å²) in [7, 11) is 0. The Morgan fingerprint density at radius 3 is 2.93 bits per heavy atom. The molecule has 2 aromatic heterocycles. The molecule has 9 heteroatoms. The van der Waals surface area contributed by atoms with Crippen molar-refractivity contribution in [2.75, 3.05) is 5.32 Å². The first-order valence-electron chi connectivity index (χ1n) is 8.17. The van der Waals surface area contributed by atoms with Crippen molar-refractivity contribution in [2.45, 2.75) is 20.1 Å². The number of nitrogens with two attached hydrogens (primary N) is 1. The summed E-state index contributed by atoms with van der Waals surface area (Å²) in [6.07, 6.45) is 5.00. The number of carbonyl (C=O) groups is 1. The first kappa shape index (κ1) is 17.9. The van der Waals surface area contributed by atoms with Crippen molar-refractivity contribution in [3.8, 4) is 11.8 Å². The Morgan fingerprint density at radius 1 is 1.33 bits per heavy atom. The number of nitrogens with one attached hydrogen (secondary N) is 1.